The Kier molecular flexibility index (Phi) is 6.22. The van der Waals surface area contributed by atoms with Crippen molar-refractivity contribution in [2.24, 2.45) is 0 Å². The zero-order chi connectivity index (χ0) is 23.7. The van der Waals surface area contributed by atoms with E-state index in [4.69, 9.17) is 4.74 Å². The second kappa shape index (κ2) is 9.31. The minimum Gasteiger partial charge on any atom is -0.379 e. The number of alkyl halides is 3. The van der Waals surface area contributed by atoms with Gasteiger partial charge in [0.15, 0.2) is 0 Å². The molecule has 0 bridgehead atoms. The van der Waals surface area contributed by atoms with E-state index in [1.807, 2.05) is 12.1 Å². The fourth-order valence-corrected chi connectivity index (χ4v) is 4.26. The van der Waals surface area contributed by atoms with E-state index >= 15 is 0 Å². The predicted molar refractivity (Wildman–Crippen MR) is 120 cm³/mol. The SMILES string of the molecule is O=C(NCc1cc(CN2CCOCC2)ccn1)c1ccc2cc(C3CC3)cc(C(F)(F)F)c2n1. The topological polar surface area (TPSA) is 67.4 Å². The van der Waals surface area contributed by atoms with Gasteiger partial charge in [0.1, 0.15) is 5.69 Å². The van der Waals surface area contributed by atoms with Gasteiger partial charge in [0.2, 0.25) is 0 Å². The molecule has 0 unspecified atom stereocenters. The van der Waals surface area contributed by atoms with E-state index in [2.05, 4.69) is 20.2 Å². The number of nitrogens with one attached hydrogen (secondary N) is 1. The summed E-state index contributed by atoms with van der Waals surface area (Å²) in [5.74, 6) is -0.360. The standard InChI is InChI=1S/C25H25F3N4O2/c26-25(27,28)21-13-19(17-1-2-17)12-18-3-4-22(31-23(18)21)24(33)30-14-20-11-16(5-6-29-20)15-32-7-9-34-10-8-32/h3-6,11-13,17H,1-2,7-10,14-15H2,(H,30,33). The molecule has 1 saturated heterocycles. The molecule has 0 radical (unpaired) electrons. The summed E-state index contributed by atoms with van der Waals surface area (Å²) < 4.78 is 46.6. The number of ether oxygens (including phenoxy) is 1. The Bertz CT molecular complexity index is 1200. The van der Waals surface area contributed by atoms with Crippen LogP contribution in [0, 0.1) is 0 Å². The molecule has 1 aliphatic heterocycles. The van der Waals surface area contributed by atoms with Crippen LogP contribution in [0.4, 0.5) is 13.2 Å². The first-order chi connectivity index (χ1) is 16.4. The van der Waals surface area contributed by atoms with E-state index in [0.717, 1.165) is 38.0 Å². The lowest BCUT2D eigenvalue weighted by Crippen LogP contribution is -2.35. The smallest absolute Gasteiger partial charge is 0.379 e. The highest BCUT2D eigenvalue weighted by Crippen LogP contribution is 2.44. The number of carbonyl (C=O) groups excluding carboxylic acids is 1. The van der Waals surface area contributed by atoms with Gasteiger partial charge in [-0.05, 0) is 60.2 Å². The van der Waals surface area contributed by atoms with Crippen molar-refractivity contribution in [1.29, 1.82) is 0 Å². The quantitative estimate of drug-likeness (QED) is 0.582. The van der Waals surface area contributed by atoms with E-state index < -0.39 is 17.6 Å². The van der Waals surface area contributed by atoms with Crippen LogP contribution in [-0.2, 0) is 24.0 Å². The number of morpholine rings is 1. The number of nitrogens with zero attached hydrogens (tertiary/aromatic N) is 3. The maximum absolute atomic E-state index is 13.7. The van der Waals surface area contributed by atoms with Gasteiger partial charge in [-0.3, -0.25) is 14.7 Å². The van der Waals surface area contributed by atoms with Gasteiger partial charge in [0.25, 0.3) is 5.91 Å². The molecule has 1 aliphatic carbocycles. The van der Waals surface area contributed by atoms with Crippen LogP contribution >= 0.6 is 0 Å². The predicted octanol–water partition coefficient (Wildman–Crippen LogP) is 4.29. The monoisotopic (exact) mass is 470 g/mol. The highest BCUT2D eigenvalue weighted by atomic mass is 19.4. The van der Waals surface area contributed by atoms with Crippen molar-refractivity contribution in [2.75, 3.05) is 26.3 Å². The molecule has 6 nitrogen and oxygen atoms in total. The van der Waals surface area contributed by atoms with Crippen LogP contribution in [0.1, 0.15) is 51.6 Å². The number of amides is 1. The number of rotatable bonds is 6. The highest BCUT2D eigenvalue weighted by Gasteiger charge is 2.36. The van der Waals surface area contributed by atoms with Crippen molar-refractivity contribution in [3.63, 3.8) is 0 Å². The van der Waals surface area contributed by atoms with Gasteiger partial charge in [0.05, 0.1) is 36.5 Å². The van der Waals surface area contributed by atoms with Gasteiger partial charge in [-0.15, -0.1) is 0 Å². The lowest BCUT2D eigenvalue weighted by atomic mass is 10.0. The second-order valence-electron chi connectivity index (χ2n) is 8.84. The third-order valence-electron chi connectivity index (χ3n) is 6.22. The number of hydrogen-bond acceptors (Lipinski definition) is 5. The van der Waals surface area contributed by atoms with Gasteiger partial charge >= 0.3 is 6.18 Å². The summed E-state index contributed by atoms with van der Waals surface area (Å²) in [6.45, 7) is 4.08. The molecule has 2 aromatic heterocycles. The average molecular weight is 470 g/mol. The number of pyridine rings is 2. The summed E-state index contributed by atoms with van der Waals surface area (Å²) in [6.07, 6.45) is -1.05. The molecule has 1 saturated carbocycles. The van der Waals surface area contributed by atoms with Crippen LogP contribution in [0.2, 0.25) is 0 Å². The summed E-state index contributed by atoms with van der Waals surface area (Å²) >= 11 is 0. The first-order valence-corrected chi connectivity index (χ1v) is 11.4. The molecule has 1 amide bonds. The summed E-state index contributed by atoms with van der Waals surface area (Å²) in [6, 6.07) is 9.79. The fourth-order valence-electron chi connectivity index (χ4n) is 4.26. The normalized spacial score (nSPS) is 17.1. The Balaban J connectivity index is 1.31. The van der Waals surface area contributed by atoms with Crippen LogP contribution in [0.25, 0.3) is 10.9 Å². The molecular weight excluding hydrogens is 445 g/mol. The Morgan fingerprint density at radius 1 is 1.12 bits per heavy atom. The second-order valence-corrected chi connectivity index (χ2v) is 8.84. The molecule has 3 heterocycles. The zero-order valence-electron chi connectivity index (χ0n) is 18.6. The van der Waals surface area contributed by atoms with E-state index in [0.29, 0.717) is 29.9 Å². The van der Waals surface area contributed by atoms with E-state index in [1.54, 1.807) is 18.3 Å². The summed E-state index contributed by atoms with van der Waals surface area (Å²) in [5.41, 5.74) is 1.38. The van der Waals surface area contributed by atoms with Crippen molar-refractivity contribution in [2.45, 2.75) is 38.0 Å². The minimum atomic E-state index is -4.55. The molecule has 5 rings (SSSR count). The molecule has 0 atom stereocenters. The molecule has 34 heavy (non-hydrogen) atoms. The molecule has 1 aromatic carbocycles. The Labute approximate surface area is 195 Å². The summed E-state index contributed by atoms with van der Waals surface area (Å²) in [4.78, 5) is 23.4. The Hall–Kier alpha value is -3.04. The number of fused-ring (bicyclic) bond motifs is 1. The number of aromatic nitrogens is 2. The molecule has 2 fully saturated rings. The highest BCUT2D eigenvalue weighted by molar-refractivity contribution is 5.95. The van der Waals surface area contributed by atoms with Crippen LogP contribution < -0.4 is 5.32 Å². The molecule has 178 valence electrons. The van der Waals surface area contributed by atoms with Crippen LogP contribution in [0.15, 0.2) is 42.6 Å². The van der Waals surface area contributed by atoms with Crippen molar-refractivity contribution >= 4 is 16.8 Å². The Morgan fingerprint density at radius 3 is 2.65 bits per heavy atom. The van der Waals surface area contributed by atoms with Gasteiger partial charge in [-0.1, -0.05) is 6.07 Å². The van der Waals surface area contributed by atoms with E-state index in [9.17, 15) is 18.0 Å². The fraction of sp³-hybridized carbons (Fsp3) is 0.400. The number of carbonyl (C=O) groups is 1. The summed E-state index contributed by atoms with van der Waals surface area (Å²) in [7, 11) is 0. The molecular formula is C25H25F3N4O2. The van der Waals surface area contributed by atoms with Crippen molar-refractivity contribution in [1.82, 2.24) is 20.2 Å². The van der Waals surface area contributed by atoms with Crippen LogP contribution in [-0.4, -0.2) is 47.1 Å². The van der Waals surface area contributed by atoms with Crippen molar-refractivity contribution in [3.8, 4) is 0 Å². The third kappa shape index (κ3) is 5.20. The maximum Gasteiger partial charge on any atom is 0.418 e. The number of hydrogen-bond donors (Lipinski definition) is 1. The molecule has 0 spiro atoms. The van der Waals surface area contributed by atoms with Crippen molar-refractivity contribution < 1.29 is 22.7 Å². The van der Waals surface area contributed by atoms with E-state index in [1.165, 1.54) is 12.1 Å². The van der Waals surface area contributed by atoms with E-state index in [-0.39, 0.29) is 23.7 Å². The lowest BCUT2D eigenvalue weighted by Gasteiger charge is -2.26. The number of halogens is 3. The largest absolute Gasteiger partial charge is 0.418 e. The molecule has 9 heteroatoms. The van der Waals surface area contributed by atoms with Gasteiger partial charge in [0, 0.05) is 31.2 Å². The molecule has 1 N–H and O–H groups in total. The number of benzene rings is 1. The first kappa shape index (κ1) is 22.7. The van der Waals surface area contributed by atoms with Gasteiger partial charge in [-0.2, -0.15) is 13.2 Å². The lowest BCUT2D eigenvalue weighted by molar-refractivity contribution is -0.136. The molecule has 2 aliphatic rings. The third-order valence-corrected chi connectivity index (χ3v) is 6.22. The van der Waals surface area contributed by atoms with Gasteiger partial charge in [-0.25, -0.2) is 4.98 Å². The summed E-state index contributed by atoms with van der Waals surface area (Å²) in [5, 5.41) is 3.12. The first-order valence-electron chi connectivity index (χ1n) is 11.4. The minimum absolute atomic E-state index is 0.0540. The Morgan fingerprint density at radius 2 is 1.91 bits per heavy atom. The van der Waals surface area contributed by atoms with Crippen molar-refractivity contribution in [3.05, 3.63) is 70.7 Å². The maximum atomic E-state index is 13.7. The van der Waals surface area contributed by atoms with Crippen LogP contribution in [0.5, 0.6) is 0 Å². The molecule has 3 aromatic rings. The van der Waals surface area contributed by atoms with Crippen LogP contribution in [0.3, 0.4) is 0 Å². The average Bonchev–Trinajstić information content (AvgIpc) is 3.67. The zero-order valence-corrected chi connectivity index (χ0v) is 18.6. The van der Waals surface area contributed by atoms with Gasteiger partial charge < -0.3 is 10.1 Å².